The highest BCUT2D eigenvalue weighted by molar-refractivity contribution is 8.03. The minimum absolute atomic E-state index is 0.0312. The van der Waals surface area contributed by atoms with Crippen molar-refractivity contribution in [3.05, 3.63) is 45.4 Å². The zero-order chi connectivity index (χ0) is 25.6. The van der Waals surface area contributed by atoms with Crippen LogP contribution in [-0.4, -0.2) is 71.0 Å². The lowest BCUT2D eigenvalue weighted by Crippen LogP contribution is -2.44. The number of fused-ring (bicyclic) bond motifs is 1. The molecule has 1 heterocycles. The van der Waals surface area contributed by atoms with Gasteiger partial charge in [0.05, 0.1) is 11.6 Å². The van der Waals surface area contributed by atoms with Crippen LogP contribution in [0.15, 0.2) is 45.4 Å². The Bertz CT molecular complexity index is 1040. The predicted octanol–water partition coefficient (Wildman–Crippen LogP) is 4.34. The highest BCUT2D eigenvalue weighted by Gasteiger charge is 2.49. The van der Waals surface area contributed by atoms with E-state index in [9.17, 15) is 19.5 Å². The summed E-state index contributed by atoms with van der Waals surface area (Å²) in [5.41, 5.74) is 0.560. The molecular weight excluding hydrogens is 484 g/mol. The van der Waals surface area contributed by atoms with Crippen molar-refractivity contribution in [1.29, 1.82) is 0 Å². The number of carboxylic acid groups (broad SMARTS) is 1. The van der Waals surface area contributed by atoms with Crippen LogP contribution in [0.3, 0.4) is 0 Å². The Hall–Kier alpha value is -1.83. The highest BCUT2D eigenvalue weighted by atomic mass is 35.5. The Morgan fingerprint density at radius 2 is 2.03 bits per heavy atom. The molecule has 0 radical (unpaired) electrons. The summed E-state index contributed by atoms with van der Waals surface area (Å²) in [6.45, 7) is 7.57. The topological polar surface area (TPSA) is 77.9 Å². The van der Waals surface area contributed by atoms with Crippen molar-refractivity contribution in [1.82, 2.24) is 9.80 Å². The Balaban J connectivity index is 1.58. The summed E-state index contributed by atoms with van der Waals surface area (Å²) in [4.78, 5) is 43.2. The Labute approximate surface area is 217 Å². The molecule has 1 fully saturated rings. The SMILES string of the molecule is CC(C)C1C(=O)C2=CC1C(C)C(SC1CC(C(=O)N(C)C)N(CC3C=CC(Cl)=CC3)C1)=C2C(=O)O. The van der Waals surface area contributed by atoms with E-state index in [0.29, 0.717) is 18.5 Å². The lowest BCUT2D eigenvalue weighted by molar-refractivity contribution is -0.134. The zero-order valence-electron chi connectivity index (χ0n) is 21.0. The van der Waals surface area contributed by atoms with Crippen LogP contribution in [0.4, 0.5) is 0 Å². The number of carbonyl (C=O) groups excluding carboxylic acids is 2. The van der Waals surface area contributed by atoms with E-state index < -0.39 is 5.97 Å². The lowest BCUT2D eigenvalue weighted by Gasteiger charge is -2.30. The van der Waals surface area contributed by atoms with Gasteiger partial charge < -0.3 is 10.0 Å². The molecule has 3 aliphatic carbocycles. The van der Waals surface area contributed by atoms with Gasteiger partial charge in [0, 0.05) is 53.9 Å². The Morgan fingerprint density at radius 3 is 2.60 bits per heavy atom. The summed E-state index contributed by atoms with van der Waals surface area (Å²) < 4.78 is 0. The van der Waals surface area contributed by atoms with Gasteiger partial charge in [0.2, 0.25) is 5.91 Å². The number of amides is 1. The summed E-state index contributed by atoms with van der Waals surface area (Å²) >= 11 is 7.66. The molecule has 0 spiro atoms. The van der Waals surface area contributed by atoms with Gasteiger partial charge in [-0.2, -0.15) is 0 Å². The summed E-state index contributed by atoms with van der Waals surface area (Å²) in [5, 5.41) is 10.9. The third-order valence-electron chi connectivity index (χ3n) is 7.78. The summed E-state index contributed by atoms with van der Waals surface area (Å²) in [7, 11) is 3.56. The fraction of sp³-hybridized carbons (Fsp3) is 0.593. The van der Waals surface area contributed by atoms with E-state index in [1.54, 1.807) is 30.8 Å². The number of likely N-dealkylation sites (tertiary alicyclic amines) is 1. The maximum absolute atomic E-state index is 13.1. The third-order valence-corrected chi connectivity index (χ3v) is 9.56. The number of aliphatic carboxylic acids is 1. The number of carboxylic acids is 1. The number of halogens is 1. The van der Waals surface area contributed by atoms with E-state index in [1.165, 1.54) is 0 Å². The van der Waals surface area contributed by atoms with Crippen molar-refractivity contribution in [2.24, 2.45) is 29.6 Å². The van der Waals surface area contributed by atoms with Crippen molar-refractivity contribution in [3.63, 3.8) is 0 Å². The predicted molar refractivity (Wildman–Crippen MR) is 140 cm³/mol. The molecule has 1 aliphatic heterocycles. The second-order valence-corrected chi connectivity index (χ2v) is 12.5. The van der Waals surface area contributed by atoms with Gasteiger partial charge in [-0.3, -0.25) is 14.5 Å². The van der Waals surface area contributed by atoms with Crippen molar-refractivity contribution >= 4 is 41.0 Å². The minimum atomic E-state index is -1.03. The fourth-order valence-electron chi connectivity index (χ4n) is 6.02. The number of thioether (sulfide) groups is 1. The molecule has 0 saturated carbocycles. The van der Waals surface area contributed by atoms with Crippen molar-refractivity contribution in [2.45, 2.75) is 44.9 Å². The average molecular weight is 519 g/mol. The molecule has 4 rings (SSSR count). The van der Waals surface area contributed by atoms with Gasteiger partial charge in [-0.25, -0.2) is 4.79 Å². The first-order valence-electron chi connectivity index (χ1n) is 12.4. The van der Waals surface area contributed by atoms with E-state index in [4.69, 9.17) is 11.6 Å². The van der Waals surface area contributed by atoms with E-state index in [-0.39, 0.29) is 58.1 Å². The summed E-state index contributed by atoms with van der Waals surface area (Å²) in [6, 6.07) is -0.244. The maximum atomic E-state index is 13.1. The van der Waals surface area contributed by atoms with Crippen molar-refractivity contribution in [2.75, 3.05) is 27.2 Å². The molecule has 8 heteroatoms. The monoisotopic (exact) mass is 518 g/mol. The van der Waals surface area contributed by atoms with E-state index in [0.717, 1.165) is 22.9 Å². The van der Waals surface area contributed by atoms with Gasteiger partial charge >= 0.3 is 5.97 Å². The van der Waals surface area contributed by atoms with Crippen LogP contribution in [-0.2, 0) is 14.4 Å². The smallest absolute Gasteiger partial charge is 0.337 e. The molecule has 0 aromatic heterocycles. The first-order chi connectivity index (χ1) is 16.5. The molecule has 35 heavy (non-hydrogen) atoms. The molecule has 6 nitrogen and oxygen atoms in total. The Kier molecular flexibility index (Phi) is 7.70. The number of allylic oxidation sites excluding steroid dienone is 5. The number of hydrogen-bond acceptors (Lipinski definition) is 5. The fourth-order valence-corrected chi connectivity index (χ4v) is 7.77. The normalized spacial score (nSPS) is 32.8. The standard InChI is InChI=1S/C27H35ClN2O4S/c1-14(2)22-19-11-20(24(22)31)23(27(33)34)25(15(19)3)35-18-10-21(26(32)29(4)5)30(13-18)12-16-6-8-17(28)9-7-16/h6,8-9,11,14-16,18-19,21-22H,7,10,12-13H2,1-5H3,(H,33,34). The molecule has 1 saturated heterocycles. The Morgan fingerprint density at radius 1 is 1.31 bits per heavy atom. The van der Waals surface area contributed by atoms with Crippen LogP contribution in [0.2, 0.25) is 0 Å². The molecule has 1 amide bonds. The minimum Gasteiger partial charge on any atom is -0.478 e. The molecular formula is C27H35ClN2O4S. The van der Waals surface area contributed by atoms with Gasteiger partial charge in [0.15, 0.2) is 5.78 Å². The number of ketones is 1. The molecule has 1 N–H and O–H groups in total. The summed E-state index contributed by atoms with van der Waals surface area (Å²) in [6.07, 6.45) is 9.43. The molecule has 190 valence electrons. The van der Waals surface area contributed by atoms with E-state index >= 15 is 0 Å². The molecule has 6 unspecified atom stereocenters. The molecule has 6 atom stereocenters. The zero-order valence-corrected chi connectivity index (χ0v) is 22.6. The largest absolute Gasteiger partial charge is 0.478 e. The van der Waals surface area contributed by atoms with Gasteiger partial charge in [0.25, 0.3) is 0 Å². The van der Waals surface area contributed by atoms with Crippen molar-refractivity contribution in [3.8, 4) is 0 Å². The molecule has 0 aromatic carbocycles. The van der Waals surface area contributed by atoms with Crippen LogP contribution in [0.5, 0.6) is 0 Å². The van der Waals surface area contributed by atoms with Gasteiger partial charge in [-0.15, -0.1) is 11.8 Å². The van der Waals surface area contributed by atoms with Crippen LogP contribution < -0.4 is 0 Å². The average Bonchev–Trinajstić information content (AvgIpc) is 3.32. The first-order valence-corrected chi connectivity index (χ1v) is 13.6. The van der Waals surface area contributed by atoms with Crippen LogP contribution in [0.25, 0.3) is 0 Å². The van der Waals surface area contributed by atoms with Gasteiger partial charge in [0.1, 0.15) is 0 Å². The number of carbonyl (C=O) groups is 3. The number of hydrogen-bond donors (Lipinski definition) is 1. The van der Waals surface area contributed by atoms with Gasteiger partial charge in [-0.05, 0) is 42.6 Å². The quantitative estimate of drug-likeness (QED) is 0.540. The first kappa shape index (κ1) is 26.2. The molecule has 4 aliphatic rings. The second kappa shape index (κ2) is 10.3. The number of nitrogens with zero attached hydrogens (tertiary/aromatic N) is 2. The number of likely N-dealkylation sites (N-methyl/N-ethyl adjacent to an activating group) is 1. The van der Waals surface area contributed by atoms with E-state index in [1.807, 2.05) is 32.1 Å². The van der Waals surface area contributed by atoms with Gasteiger partial charge in [-0.1, -0.05) is 50.6 Å². The number of Topliss-reactive ketones (excluding diaryl/α,β-unsaturated/α-hetero) is 1. The molecule has 0 aromatic rings. The second-order valence-electron chi connectivity index (χ2n) is 10.7. The molecule has 2 bridgehead atoms. The lowest BCUT2D eigenvalue weighted by atomic mass is 9.78. The third kappa shape index (κ3) is 5.05. The van der Waals surface area contributed by atoms with Crippen molar-refractivity contribution < 1.29 is 19.5 Å². The maximum Gasteiger partial charge on any atom is 0.337 e. The van der Waals surface area contributed by atoms with Crippen LogP contribution >= 0.6 is 23.4 Å². The van der Waals surface area contributed by atoms with Crippen LogP contribution in [0.1, 0.15) is 33.6 Å². The highest BCUT2D eigenvalue weighted by Crippen LogP contribution is 2.52. The van der Waals surface area contributed by atoms with E-state index in [2.05, 4.69) is 17.9 Å². The summed E-state index contributed by atoms with van der Waals surface area (Å²) in [5.74, 6) is -0.743. The number of rotatable bonds is 7. The van der Waals surface area contributed by atoms with Crippen LogP contribution in [0, 0.1) is 29.6 Å².